The molecule has 0 aliphatic carbocycles. The predicted octanol–water partition coefficient (Wildman–Crippen LogP) is 6.07. The molecule has 2 heterocycles. The molecule has 7 heteroatoms. The number of para-hydroxylation sites is 1. The summed E-state index contributed by atoms with van der Waals surface area (Å²) in [5.74, 6) is -2.10. The van der Waals surface area contributed by atoms with Crippen molar-refractivity contribution in [3.8, 4) is 11.6 Å². The van der Waals surface area contributed by atoms with Crippen molar-refractivity contribution in [3.05, 3.63) is 89.0 Å². The van der Waals surface area contributed by atoms with Crippen molar-refractivity contribution < 1.29 is 18.0 Å². The summed E-state index contributed by atoms with van der Waals surface area (Å²) < 4.78 is 34.2. The van der Waals surface area contributed by atoms with E-state index >= 15 is 0 Å². The first kappa shape index (κ1) is 17.6. The largest absolute Gasteiger partial charge is 0.453 e. The number of carbonyl (C=O) groups excluding carboxylic acids is 1. The van der Waals surface area contributed by atoms with Crippen molar-refractivity contribution in [2.24, 2.45) is 0 Å². The van der Waals surface area contributed by atoms with Crippen molar-refractivity contribution >= 4 is 39.5 Å². The van der Waals surface area contributed by atoms with Crippen LogP contribution in [0.3, 0.4) is 0 Å². The molecule has 0 aliphatic heterocycles. The summed E-state index contributed by atoms with van der Waals surface area (Å²) in [5, 5.41) is 1.26. The minimum atomic E-state index is -1.11. The third-order valence-corrected chi connectivity index (χ3v) is 4.87. The van der Waals surface area contributed by atoms with Crippen molar-refractivity contribution in [2.45, 2.75) is 0 Å². The van der Waals surface area contributed by atoms with Gasteiger partial charge in [0.15, 0.2) is 23.2 Å². The molecule has 5 aromatic rings. The molecule has 0 atom stereocenters. The average molecular weight is 409 g/mol. The van der Waals surface area contributed by atoms with Gasteiger partial charge in [0.05, 0.1) is 11.0 Å². The normalized spacial score (nSPS) is 11.4. The second-order valence-corrected chi connectivity index (χ2v) is 6.92. The quantitative estimate of drug-likeness (QED) is 0.356. The lowest BCUT2D eigenvalue weighted by Crippen LogP contribution is -2.14. The van der Waals surface area contributed by atoms with Crippen molar-refractivity contribution in [1.82, 2.24) is 9.55 Å². The van der Waals surface area contributed by atoms with E-state index < -0.39 is 17.5 Å². The Kier molecular flexibility index (Phi) is 3.96. The zero-order valence-electron chi connectivity index (χ0n) is 14.7. The first-order valence-corrected chi connectivity index (χ1v) is 9.06. The van der Waals surface area contributed by atoms with Crippen molar-refractivity contribution in [2.75, 3.05) is 0 Å². The second kappa shape index (κ2) is 6.53. The summed E-state index contributed by atoms with van der Waals surface area (Å²) in [4.78, 5) is 17.8. The Labute approximate surface area is 168 Å². The van der Waals surface area contributed by atoms with Gasteiger partial charge in [0.25, 0.3) is 5.91 Å². The molecule has 0 fully saturated rings. The Balaban J connectivity index is 1.78. The molecule has 0 radical (unpaired) electrons. The lowest BCUT2D eigenvalue weighted by Gasteiger charge is -2.07. The van der Waals surface area contributed by atoms with E-state index in [1.807, 2.05) is 18.2 Å². The zero-order chi connectivity index (χ0) is 20.1. The van der Waals surface area contributed by atoms with Gasteiger partial charge in [0, 0.05) is 16.0 Å². The first-order chi connectivity index (χ1) is 14.0. The second-order valence-electron chi connectivity index (χ2n) is 6.49. The molecule has 5 rings (SSSR count). The number of hydrogen-bond donors (Lipinski definition) is 0. The van der Waals surface area contributed by atoms with Gasteiger partial charge in [-0.3, -0.25) is 9.36 Å². The molecule has 29 heavy (non-hydrogen) atoms. The smallest absolute Gasteiger partial charge is 0.264 e. The van der Waals surface area contributed by atoms with Gasteiger partial charge in [-0.15, -0.1) is 0 Å². The van der Waals surface area contributed by atoms with E-state index in [1.54, 1.807) is 30.3 Å². The van der Waals surface area contributed by atoms with Crippen LogP contribution in [0.1, 0.15) is 10.4 Å². The number of furan rings is 1. The van der Waals surface area contributed by atoms with E-state index in [1.165, 1.54) is 10.6 Å². The Morgan fingerprint density at radius 3 is 2.59 bits per heavy atom. The number of aromatic nitrogens is 2. The molecule has 3 aromatic carbocycles. The number of halogens is 3. The molecule has 0 spiro atoms. The number of fused-ring (bicyclic) bond motifs is 2. The maximum Gasteiger partial charge on any atom is 0.264 e. The van der Waals surface area contributed by atoms with Crippen LogP contribution in [0.25, 0.3) is 33.6 Å². The lowest BCUT2D eigenvalue weighted by atomic mass is 10.2. The number of hydrogen-bond acceptors (Lipinski definition) is 3. The van der Waals surface area contributed by atoms with Crippen LogP contribution >= 0.6 is 11.6 Å². The number of rotatable bonds is 2. The maximum atomic E-state index is 13.7. The van der Waals surface area contributed by atoms with Gasteiger partial charge in [-0.2, -0.15) is 0 Å². The van der Waals surface area contributed by atoms with E-state index in [2.05, 4.69) is 4.98 Å². The van der Waals surface area contributed by atoms with Gasteiger partial charge in [0.1, 0.15) is 5.58 Å². The first-order valence-electron chi connectivity index (χ1n) is 8.68. The van der Waals surface area contributed by atoms with Crippen LogP contribution < -0.4 is 0 Å². The van der Waals surface area contributed by atoms with Gasteiger partial charge >= 0.3 is 0 Å². The summed E-state index contributed by atoms with van der Waals surface area (Å²) in [6, 6.07) is 17.1. The predicted molar refractivity (Wildman–Crippen MR) is 106 cm³/mol. The van der Waals surface area contributed by atoms with Gasteiger partial charge in [-0.25, -0.2) is 13.8 Å². The van der Waals surface area contributed by atoms with E-state index in [0.717, 1.165) is 17.5 Å². The van der Waals surface area contributed by atoms with Crippen LogP contribution in [-0.2, 0) is 0 Å². The Morgan fingerprint density at radius 2 is 1.79 bits per heavy atom. The van der Waals surface area contributed by atoms with Gasteiger partial charge in [-0.1, -0.05) is 29.8 Å². The fourth-order valence-electron chi connectivity index (χ4n) is 3.27. The van der Waals surface area contributed by atoms with Crippen LogP contribution in [0.4, 0.5) is 8.78 Å². The fraction of sp³-hybridized carbons (Fsp3) is 0. The summed E-state index contributed by atoms with van der Waals surface area (Å²) in [6.45, 7) is 0. The van der Waals surface area contributed by atoms with Crippen LogP contribution in [0.5, 0.6) is 0 Å². The number of imidazole rings is 1. The van der Waals surface area contributed by atoms with Gasteiger partial charge < -0.3 is 4.42 Å². The van der Waals surface area contributed by atoms with Gasteiger partial charge in [0.2, 0.25) is 0 Å². The molecule has 0 bridgehead atoms. The molecular formula is C22H11ClF2N2O2. The molecule has 0 aliphatic rings. The molecule has 4 nitrogen and oxygen atoms in total. The average Bonchev–Trinajstić information content (AvgIpc) is 3.30. The molecule has 142 valence electrons. The lowest BCUT2D eigenvalue weighted by molar-refractivity contribution is 0.0965. The number of benzene rings is 3. The highest BCUT2D eigenvalue weighted by atomic mass is 35.5. The molecule has 0 saturated carbocycles. The Bertz CT molecular complexity index is 1390. The van der Waals surface area contributed by atoms with E-state index in [9.17, 15) is 13.6 Å². The SMILES string of the molecule is O=C(c1ccc(F)c(F)c1)n1c(-c2cc3ccccc3o2)nc2ccc(Cl)cc21. The summed E-state index contributed by atoms with van der Waals surface area (Å²) in [6.07, 6.45) is 0. The van der Waals surface area contributed by atoms with Crippen LogP contribution in [0.15, 0.2) is 71.1 Å². The zero-order valence-corrected chi connectivity index (χ0v) is 15.5. The van der Waals surface area contributed by atoms with Crippen molar-refractivity contribution in [3.63, 3.8) is 0 Å². The highest BCUT2D eigenvalue weighted by molar-refractivity contribution is 6.31. The maximum absolute atomic E-state index is 13.7. The molecule has 0 unspecified atom stereocenters. The van der Waals surface area contributed by atoms with Crippen LogP contribution in [-0.4, -0.2) is 15.5 Å². The minimum absolute atomic E-state index is 0.0273. The summed E-state index contributed by atoms with van der Waals surface area (Å²) >= 11 is 6.12. The molecule has 0 N–H and O–H groups in total. The Morgan fingerprint density at radius 1 is 0.966 bits per heavy atom. The van der Waals surface area contributed by atoms with E-state index in [0.29, 0.717) is 27.4 Å². The minimum Gasteiger partial charge on any atom is -0.453 e. The van der Waals surface area contributed by atoms with Crippen LogP contribution in [0, 0.1) is 11.6 Å². The fourth-order valence-corrected chi connectivity index (χ4v) is 3.44. The molecule has 0 saturated heterocycles. The highest BCUT2D eigenvalue weighted by Gasteiger charge is 2.23. The summed E-state index contributed by atoms with van der Waals surface area (Å²) in [5.41, 5.74) is 1.56. The third-order valence-electron chi connectivity index (χ3n) is 4.63. The van der Waals surface area contributed by atoms with E-state index in [-0.39, 0.29) is 11.4 Å². The van der Waals surface area contributed by atoms with Crippen molar-refractivity contribution in [1.29, 1.82) is 0 Å². The summed E-state index contributed by atoms with van der Waals surface area (Å²) in [7, 11) is 0. The topological polar surface area (TPSA) is 48.0 Å². The van der Waals surface area contributed by atoms with Gasteiger partial charge in [-0.05, 0) is 48.5 Å². The third kappa shape index (κ3) is 2.89. The van der Waals surface area contributed by atoms with E-state index in [4.69, 9.17) is 16.0 Å². The molecular weight excluding hydrogens is 398 g/mol. The standard InChI is InChI=1S/C22H11ClF2N2O2/c23-14-6-8-17-18(11-14)27(22(28)13-5-7-15(24)16(25)9-13)21(26-17)20-10-12-3-1-2-4-19(12)29-20/h1-11H. The number of carbonyl (C=O) groups is 1. The molecule has 2 aromatic heterocycles. The molecule has 0 amide bonds. The number of nitrogens with zero attached hydrogens (tertiary/aromatic N) is 2. The Hall–Kier alpha value is -3.51. The highest BCUT2D eigenvalue weighted by Crippen LogP contribution is 2.31. The monoisotopic (exact) mass is 408 g/mol. The van der Waals surface area contributed by atoms with Crippen LogP contribution in [0.2, 0.25) is 5.02 Å².